The highest BCUT2D eigenvalue weighted by molar-refractivity contribution is 8.04. The van der Waals surface area contributed by atoms with Crippen molar-refractivity contribution >= 4 is 88.5 Å². The Kier molecular flexibility index (Phi) is 7.49. The Hall–Kier alpha value is -1.38. The van der Waals surface area contributed by atoms with Gasteiger partial charge in [0, 0.05) is 27.6 Å². The number of fused-ring (bicyclic) bond motifs is 2. The lowest BCUT2D eigenvalue weighted by Crippen LogP contribution is -2.42. The maximum atomic E-state index is 11.8. The number of nitrogens with zero attached hydrogens (tertiary/aromatic N) is 2. The number of thioether (sulfide) groups is 1. The molecule has 0 saturated carbocycles. The third-order valence-corrected chi connectivity index (χ3v) is 10.6. The van der Waals surface area contributed by atoms with Gasteiger partial charge in [0.2, 0.25) is 5.52 Å². The third-order valence-electron chi connectivity index (χ3n) is 5.53. The van der Waals surface area contributed by atoms with Crippen molar-refractivity contribution in [3.8, 4) is 0 Å². The smallest absolute Gasteiger partial charge is 0.273 e. The van der Waals surface area contributed by atoms with Crippen LogP contribution >= 0.6 is 46.3 Å². The molecule has 14 heteroatoms. The highest BCUT2D eigenvalue weighted by Crippen LogP contribution is 2.48. The molecule has 2 heterocycles. The van der Waals surface area contributed by atoms with Crippen molar-refractivity contribution in [1.29, 1.82) is 0 Å². The van der Waals surface area contributed by atoms with Gasteiger partial charge in [-0.2, -0.15) is 21.4 Å². The average molecular weight is 597 g/mol. The fraction of sp³-hybridized carbons (Fsp3) is 0.286. The standard InChI is InChI=1S/C21H20Cl2N2O6S4/c1-12(34(26,27)28)10-24-16-7-14(22)3-5-18(16)32-20(24)9-21-25(11-13(2)35(29,30)31)17-8-15(23)4-6-19(17)33-21/h3-9,12-13H,10-11H2,1-2H3,(H-,26,27,28,29,30,31)/p+1. The number of hydrogen-bond acceptors (Lipinski definition) is 7. The van der Waals surface area contributed by atoms with E-state index >= 15 is 0 Å². The first-order chi connectivity index (χ1) is 16.2. The second-order valence-electron chi connectivity index (χ2n) is 8.12. The van der Waals surface area contributed by atoms with E-state index in [9.17, 15) is 25.9 Å². The Labute approximate surface area is 221 Å². The minimum atomic E-state index is -4.29. The second-order valence-corrected chi connectivity index (χ2v) is 14.8. The van der Waals surface area contributed by atoms with Crippen LogP contribution in [0.4, 0.5) is 5.69 Å². The Bertz CT molecular complexity index is 1550. The molecule has 0 bridgehead atoms. The molecule has 2 N–H and O–H groups in total. The molecule has 0 radical (unpaired) electrons. The average Bonchev–Trinajstić information content (AvgIpc) is 3.24. The summed E-state index contributed by atoms with van der Waals surface area (Å²) < 4.78 is 68.8. The van der Waals surface area contributed by atoms with Crippen LogP contribution in [0.25, 0.3) is 16.3 Å². The molecule has 1 aliphatic heterocycles. The van der Waals surface area contributed by atoms with Crippen LogP contribution in [0.3, 0.4) is 0 Å². The molecule has 0 aliphatic carbocycles. The normalized spacial score (nSPS) is 17.2. The summed E-state index contributed by atoms with van der Waals surface area (Å²) in [5.41, 5.74) is 1.40. The summed E-state index contributed by atoms with van der Waals surface area (Å²) in [6.45, 7) is 2.78. The zero-order valence-corrected chi connectivity index (χ0v) is 23.2. The van der Waals surface area contributed by atoms with E-state index in [1.807, 2.05) is 18.2 Å². The summed E-state index contributed by atoms with van der Waals surface area (Å²) in [4.78, 5) is 2.61. The molecule has 2 atom stereocenters. The summed E-state index contributed by atoms with van der Waals surface area (Å²) >= 11 is 15.2. The van der Waals surface area contributed by atoms with E-state index in [0.29, 0.717) is 31.3 Å². The summed E-state index contributed by atoms with van der Waals surface area (Å²) in [6.07, 6.45) is 1.82. The predicted octanol–water partition coefficient (Wildman–Crippen LogP) is 4.96. The van der Waals surface area contributed by atoms with Gasteiger partial charge < -0.3 is 4.90 Å². The topological polar surface area (TPSA) is 116 Å². The van der Waals surface area contributed by atoms with Gasteiger partial charge in [0.05, 0.1) is 16.8 Å². The van der Waals surface area contributed by atoms with E-state index < -0.39 is 30.7 Å². The van der Waals surface area contributed by atoms with Crippen molar-refractivity contribution in [1.82, 2.24) is 0 Å². The summed E-state index contributed by atoms with van der Waals surface area (Å²) in [5.74, 6) is 0. The first kappa shape index (κ1) is 26.7. The van der Waals surface area contributed by atoms with Crippen molar-refractivity contribution in [3.05, 3.63) is 56.5 Å². The van der Waals surface area contributed by atoms with Crippen molar-refractivity contribution in [2.45, 2.75) is 35.8 Å². The molecule has 2 unspecified atom stereocenters. The highest BCUT2D eigenvalue weighted by Gasteiger charge is 2.33. The minimum Gasteiger partial charge on any atom is -0.333 e. The predicted molar refractivity (Wildman–Crippen MR) is 142 cm³/mol. The monoisotopic (exact) mass is 595 g/mol. The van der Waals surface area contributed by atoms with Crippen LogP contribution in [-0.4, -0.2) is 43.0 Å². The Morgan fingerprint density at radius 2 is 1.63 bits per heavy atom. The molecule has 188 valence electrons. The molecule has 4 rings (SSSR count). The molecule has 0 saturated heterocycles. The largest absolute Gasteiger partial charge is 0.333 e. The zero-order valence-electron chi connectivity index (χ0n) is 18.4. The number of thiazole rings is 1. The Balaban J connectivity index is 1.85. The van der Waals surface area contributed by atoms with Gasteiger partial charge in [-0.3, -0.25) is 9.11 Å². The minimum absolute atomic E-state index is 0.0246. The van der Waals surface area contributed by atoms with Gasteiger partial charge in [-0.1, -0.05) is 46.3 Å². The molecule has 1 aromatic heterocycles. The number of benzene rings is 2. The van der Waals surface area contributed by atoms with Crippen LogP contribution in [0.2, 0.25) is 10.0 Å². The van der Waals surface area contributed by atoms with Crippen molar-refractivity contribution in [2.24, 2.45) is 0 Å². The Morgan fingerprint density at radius 1 is 1.00 bits per heavy atom. The number of rotatable bonds is 7. The molecule has 0 fully saturated rings. The molecule has 8 nitrogen and oxygen atoms in total. The van der Waals surface area contributed by atoms with Crippen LogP contribution in [0.1, 0.15) is 18.9 Å². The summed E-state index contributed by atoms with van der Waals surface area (Å²) in [7, 11) is -8.58. The molecule has 0 amide bonds. The second kappa shape index (κ2) is 9.82. The van der Waals surface area contributed by atoms with E-state index in [1.165, 1.54) is 36.9 Å². The first-order valence-corrected chi connectivity index (χ1v) is 15.6. The molecular weight excluding hydrogens is 575 g/mol. The first-order valence-electron chi connectivity index (χ1n) is 10.2. The molecular formula is C21H21Cl2N2O6S4+. The highest BCUT2D eigenvalue weighted by atomic mass is 35.5. The van der Waals surface area contributed by atoms with E-state index in [0.717, 1.165) is 9.60 Å². The van der Waals surface area contributed by atoms with Crippen molar-refractivity contribution in [2.75, 3.05) is 11.4 Å². The molecule has 35 heavy (non-hydrogen) atoms. The van der Waals surface area contributed by atoms with E-state index in [1.54, 1.807) is 33.7 Å². The van der Waals surface area contributed by atoms with Crippen LogP contribution in [0.15, 0.2) is 46.3 Å². The Morgan fingerprint density at radius 3 is 2.29 bits per heavy atom. The zero-order chi connectivity index (χ0) is 25.7. The van der Waals surface area contributed by atoms with Gasteiger partial charge in [0.1, 0.15) is 15.2 Å². The van der Waals surface area contributed by atoms with Crippen LogP contribution in [0.5, 0.6) is 0 Å². The maximum Gasteiger partial charge on any atom is 0.273 e. The molecule has 1 aliphatic rings. The SMILES string of the molecule is CC(CN1C(=Cc2sc3ccc(Cl)cc3[n+]2CC(C)S(=O)(=O)O)Sc2ccc(Cl)cc21)S(=O)(=O)O. The van der Waals surface area contributed by atoms with Crippen molar-refractivity contribution in [3.63, 3.8) is 0 Å². The number of halogens is 2. The summed E-state index contributed by atoms with van der Waals surface area (Å²) in [6, 6.07) is 10.6. The molecule has 3 aromatic rings. The van der Waals surface area contributed by atoms with Crippen LogP contribution in [-0.2, 0) is 26.8 Å². The summed E-state index contributed by atoms with van der Waals surface area (Å²) in [5, 5.41) is 0.133. The van der Waals surface area contributed by atoms with Gasteiger partial charge in [0.15, 0.2) is 6.54 Å². The van der Waals surface area contributed by atoms with E-state index in [4.69, 9.17) is 23.2 Å². The van der Waals surface area contributed by atoms with Gasteiger partial charge in [-0.05, 0) is 44.2 Å². The van der Waals surface area contributed by atoms with Gasteiger partial charge in [0.25, 0.3) is 25.2 Å². The van der Waals surface area contributed by atoms with Crippen LogP contribution in [0, 0.1) is 0 Å². The maximum absolute atomic E-state index is 11.8. The number of aromatic nitrogens is 1. The van der Waals surface area contributed by atoms with Crippen molar-refractivity contribution < 1.29 is 30.5 Å². The van der Waals surface area contributed by atoms with E-state index in [2.05, 4.69) is 0 Å². The fourth-order valence-corrected chi connectivity index (χ4v) is 6.81. The molecule has 0 spiro atoms. The number of hydrogen-bond donors (Lipinski definition) is 2. The van der Waals surface area contributed by atoms with Crippen LogP contribution < -0.4 is 9.47 Å². The van der Waals surface area contributed by atoms with E-state index in [-0.39, 0.29) is 13.1 Å². The lowest BCUT2D eigenvalue weighted by molar-refractivity contribution is -0.667. The lowest BCUT2D eigenvalue weighted by atomic mass is 10.2. The fourth-order valence-electron chi connectivity index (χ4n) is 3.55. The number of anilines is 1. The molecule has 2 aromatic carbocycles. The lowest BCUT2D eigenvalue weighted by Gasteiger charge is -2.23. The van der Waals surface area contributed by atoms with Gasteiger partial charge in [-0.15, -0.1) is 0 Å². The van der Waals surface area contributed by atoms with Gasteiger partial charge in [-0.25, -0.2) is 0 Å². The third kappa shape index (κ3) is 5.80. The quantitative estimate of drug-likeness (QED) is 0.291. The van der Waals surface area contributed by atoms with Gasteiger partial charge >= 0.3 is 0 Å².